The Labute approximate surface area is 107 Å². The number of rotatable bonds is 4. The summed E-state index contributed by atoms with van der Waals surface area (Å²) in [6, 6.07) is 0. The molecule has 1 aliphatic heterocycles. The molecule has 2 N–H and O–H groups in total. The lowest BCUT2D eigenvalue weighted by atomic mass is 10.1. The second-order valence-electron chi connectivity index (χ2n) is 3.95. The van der Waals surface area contributed by atoms with E-state index in [-0.39, 0.29) is 37.3 Å². The molecule has 0 spiro atoms. The van der Waals surface area contributed by atoms with Crippen molar-refractivity contribution in [3.05, 3.63) is 5.82 Å². The summed E-state index contributed by atoms with van der Waals surface area (Å²) in [5.74, 6) is -3.03. The summed E-state index contributed by atoms with van der Waals surface area (Å²) in [6.07, 6.45) is -0.0986. The number of ether oxygens (including phenoxy) is 1. The van der Waals surface area contributed by atoms with Gasteiger partial charge >= 0.3 is 11.9 Å². The normalized spacial score (nSPS) is 18.7. The molecule has 1 saturated heterocycles. The van der Waals surface area contributed by atoms with E-state index in [1.54, 1.807) is 6.92 Å². The molecule has 9 nitrogen and oxygen atoms in total. The van der Waals surface area contributed by atoms with Gasteiger partial charge in [0.1, 0.15) is 0 Å². The monoisotopic (exact) mass is 268 g/mol. The Morgan fingerprint density at radius 1 is 1.58 bits per heavy atom. The van der Waals surface area contributed by atoms with Crippen molar-refractivity contribution in [2.75, 3.05) is 18.1 Å². The van der Waals surface area contributed by atoms with E-state index in [1.807, 2.05) is 0 Å². The maximum Gasteiger partial charge on any atom is 0.375 e. The fourth-order valence-electron chi connectivity index (χ4n) is 1.73. The SMILES string of the molecule is CCOC(=O)c1nc(N2CC(C(=O)O)CC2=O)n[nH]1. The van der Waals surface area contributed by atoms with Gasteiger partial charge in [0.05, 0.1) is 12.5 Å². The lowest BCUT2D eigenvalue weighted by molar-refractivity contribution is -0.141. The zero-order chi connectivity index (χ0) is 14.0. The molecule has 0 radical (unpaired) electrons. The Balaban J connectivity index is 2.13. The summed E-state index contributed by atoms with van der Waals surface area (Å²) in [5, 5.41) is 14.9. The first-order valence-electron chi connectivity index (χ1n) is 5.65. The van der Waals surface area contributed by atoms with E-state index in [4.69, 9.17) is 9.84 Å². The third-order valence-electron chi connectivity index (χ3n) is 2.66. The number of H-pyrrole nitrogens is 1. The summed E-state index contributed by atoms with van der Waals surface area (Å²) in [4.78, 5) is 38.8. The average Bonchev–Trinajstić information content (AvgIpc) is 2.95. The van der Waals surface area contributed by atoms with E-state index in [9.17, 15) is 14.4 Å². The van der Waals surface area contributed by atoms with Gasteiger partial charge in [-0.2, -0.15) is 4.98 Å². The van der Waals surface area contributed by atoms with E-state index in [0.717, 1.165) is 4.90 Å². The van der Waals surface area contributed by atoms with Crippen LogP contribution in [0.3, 0.4) is 0 Å². The van der Waals surface area contributed by atoms with E-state index in [2.05, 4.69) is 15.2 Å². The molecule has 0 aliphatic carbocycles. The van der Waals surface area contributed by atoms with Crippen molar-refractivity contribution in [1.82, 2.24) is 15.2 Å². The molecular formula is C10H12N4O5. The van der Waals surface area contributed by atoms with Crippen molar-refractivity contribution < 1.29 is 24.2 Å². The predicted molar refractivity (Wildman–Crippen MR) is 60.4 cm³/mol. The van der Waals surface area contributed by atoms with Gasteiger partial charge in [0.25, 0.3) is 5.95 Å². The first kappa shape index (κ1) is 13.0. The van der Waals surface area contributed by atoms with Gasteiger partial charge in [-0.25, -0.2) is 4.79 Å². The maximum atomic E-state index is 11.6. The van der Waals surface area contributed by atoms with Crippen molar-refractivity contribution in [3.63, 3.8) is 0 Å². The van der Waals surface area contributed by atoms with Crippen molar-refractivity contribution in [1.29, 1.82) is 0 Å². The van der Waals surface area contributed by atoms with Gasteiger partial charge in [0.2, 0.25) is 11.7 Å². The third kappa shape index (κ3) is 2.54. The van der Waals surface area contributed by atoms with Crippen molar-refractivity contribution in [2.24, 2.45) is 5.92 Å². The topological polar surface area (TPSA) is 125 Å². The third-order valence-corrected chi connectivity index (χ3v) is 2.66. The zero-order valence-electron chi connectivity index (χ0n) is 10.1. The second-order valence-corrected chi connectivity index (χ2v) is 3.95. The molecule has 1 unspecified atom stereocenters. The summed E-state index contributed by atoms with van der Waals surface area (Å²) >= 11 is 0. The van der Waals surface area contributed by atoms with Gasteiger partial charge in [0, 0.05) is 13.0 Å². The standard InChI is InChI=1S/C10H12N4O5/c1-2-19-9(18)7-11-10(13-12-7)14-4-5(8(16)17)3-6(14)15/h5H,2-4H2,1H3,(H,16,17)(H,11,12,13). The summed E-state index contributed by atoms with van der Waals surface area (Å²) in [6.45, 7) is 1.84. The van der Waals surface area contributed by atoms with Crippen LogP contribution < -0.4 is 4.90 Å². The summed E-state index contributed by atoms with van der Waals surface area (Å²) < 4.78 is 4.72. The van der Waals surface area contributed by atoms with Gasteiger partial charge in [-0.05, 0) is 6.92 Å². The predicted octanol–water partition coefficient (Wildman–Crippen LogP) is -0.581. The minimum atomic E-state index is -1.04. The number of nitrogens with one attached hydrogen (secondary N) is 1. The van der Waals surface area contributed by atoms with Crippen LogP contribution in [0.4, 0.5) is 5.95 Å². The highest BCUT2D eigenvalue weighted by Gasteiger charge is 2.37. The van der Waals surface area contributed by atoms with Gasteiger partial charge in [-0.15, -0.1) is 5.10 Å². The molecule has 2 rings (SSSR count). The molecule has 1 fully saturated rings. The molecule has 19 heavy (non-hydrogen) atoms. The molecule has 102 valence electrons. The minimum absolute atomic E-state index is 0.00567. The molecule has 9 heteroatoms. The fourth-order valence-corrected chi connectivity index (χ4v) is 1.73. The number of anilines is 1. The number of amides is 1. The van der Waals surface area contributed by atoms with Crippen LogP contribution in [-0.4, -0.2) is 51.3 Å². The Morgan fingerprint density at radius 3 is 2.89 bits per heavy atom. The highest BCUT2D eigenvalue weighted by Crippen LogP contribution is 2.22. The first-order chi connectivity index (χ1) is 9.02. The van der Waals surface area contributed by atoms with E-state index in [1.165, 1.54) is 0 Å². The molecule has 0 bridgehead atoms. The molecule has 1 atom stereocenters. The number of aromatic amines is 1. The molecule has 1 aromatic rings. The molecule has 1 amide bonds. The number of carbonyl (C=O) groups excluding carboxylic acids is 2. The number of aliphatic carboxylic acids is 1. The molecule has 0 saturated carbocycles. The summed E-state index contributed by atoms with van der Waals surface area (Å²) in [7, 11) is 0. The number of hydrogen-bond acceptors (Lipinski definition) is 6. The van der Waals surface area contributed by atoms with Gasteiger partial charge in [-0.1, -0.05) is 0 Å². The number of aromatic nitrogens is 3. The van der Waals surface area contributed by atoms with Gasteiger partial charge < -0.3 is 9.84 Å². The fraction of sp³-hybridized carbons (Fsp3) is 0.500. The van der Waals surface area contributed by atoms with Crippen molar-refractivity contribution in [3.8, 4) is 0 Å². The smallest absolute Gasteiger partial charge is 0.375 e. The van der Waals surface area contributed by atoms with E-state index in [0.29, 0.717) is 0 Å². The summed E-state index contributed by atoms with van der Waals surface area (Å²) in [5.41, 5.74) is 0. The van der Waals surface area contributed by atoms with Gasteiger partial charge in [0.15, 0.2) is 0 Å². The highest BCUT2D eigenvalue weighted by molar-refractivity contribution is 5.98. The highest BCUT2D eigenvalue weighted by atomic mass is 16.5. The maximum absolute atomic E-state index is 11.6. The number of nitrogens with zero attached hydrogens (tertiary/aromatic N) is 3. The number of carboxylic acid groups (broad SMARTS) is 1. The quantitative estimate of drug-likeness (QED) is 0.699. The Kier molecular flexibility index (Phi) is 3.45. The Morgan fingerprint density at radius 2 is 2.32 bits per heavy atom. The molecule has 1 aliphatic rings. The lowest BCUT2D eigenvalue weighted by Crippen LogP contribution is -2.27. The van der Waals surface area contributed by atoms with Crippen LogP contribution in [0, 0.1) is 5.92 Å². The Hall–Kier alpha value is -2.45. The number of carboxylic acids is 1. The first-order valence-corrected chi connectivity index (χ1v) is 5.65. The molecule has 2 heterocycles. The van der Waals surface area contributed by atoms with Crippen LogP contribution in [0.2, 0.25) is 0 Å². The van der Waals surface area contributed by atoms with Gasteiger partial charge in [-0.3, -0.25) is 19.6 Å². The van der Waals surface area contributed by atoms with Crippen LogP contribution in [0.25, 0.3) is 0 Å². The average molecular weight is 268 g/mol. The van der Waals surface area contributed by atoms with Crippen LogP contribution in [0.1, 0.15) is 24.0 Å². The largest absolute Gasteiger partial charge is 0.481 e. The molecule has 0 aromatic carbocycles. The van der Waals surface area contributed by atoms with E-state index < -0.39 is 17.9 Å². The number of hydrogen-bond donors (Lipinski definition) is 2. The lowest BCUT2D eigenvalue weighted by Gasteiger charge is -2.09. The van der Waals surface area contributed by atoms with Crippen LogP contribution >= 0.6 is 0 Å². The number of carbonyl (C=O) groups is 3. The second kappa shape index (κ2) is 5.04. The molecular weight excluding hydrogens is 256 g/mol. The van der Waals surface area contributed by atoms with Crippen LogP contribution in [0.5, 0.6) is 0 Å². The zero-order valence-corrected chi connectivity index (χ0v) is 10.1. The minimum Gasteiger partial charge on any atom is -0.481 e. The number of esters is 1. The van der Waals surface area contributed by atoms with E-state index >= 15 is 0 Å². The molecule has 1 aromatic heterocycles. The van der Waals surface area contributed by atoms with Crippen molar-refractivity contribution >= 4 is 23.8 Å². The van der Waals surface area contributed by atoms with Crippen molar-refractivity contribution in [2.45, 2.75) is 13.3 Å². The Bertz CT molecular complexity index is 526. The van der Waals surface area contributed by atoms with Crippen LogP contribution in [-0.2, 0) is 14.3 Å². The van der Waals surface area contributed by atoms with Crippen LogP contribution in [0.15, 0.2) is 0 Å².